The van der Waals surface area contributed by atoms with E-state index in [4.69, 9.17) is 16.9 Å². The van der Waals surface area contributed by atoms with E-state index >= 15 is 0 Å². The summed E-state index contributed by atoms with van der Waals surface area (Å²) < 4.78 is 0. The second kappa shape index (κ2) is 7.30. The average molecular weight is 266 g/mol. The number of carbonyl (C=O) groups excluding carboxylic acids is 1. The fraction of sp³-hybridized carbons (Fsp3) is 0.250. The molecule has 0 spiro atoms. The highest BCUT2D eigenvalue weighted by Crippen LogP contribution is 2.09. The van der Waals surface area contributed by atoms with Crippen molar-refractivity contribution in [1.82, 2.24) is 0 Å². The van der Waals surface area contributed by atoms with Crippen molar-refractivity contribution in [3.05, 3.63) is 29.8 Å². The number of nitrogens with one attached hydrogen (secondary N) is 1. The Labute approximate surface area is 110 Å². The minimum atomic E-state index is -0.728. The van der Waals surface area contributed by atoms with E-state index in [1.165, 1.54) is 0 Å². The van der Waals surface area contributed by atoms with Crippen LogP contribution >= 0.6 is 11.6 Å². The number of benzene rings is 1. The Morgan fingerprint density at radius 1 is 1.50 bits per heavy atom. The van der Waals surface area contributed by atoms with Crippen molar-refractivity contribution >= 4 is 28.6 Å². The van der Waals surface area contributed by atoms with E-state index in [2.05, 4.69) is 15.3 Å². The maximum Gasteiger partial charge on any atom is 0.437 e. The summed E-state index contributed by atoms with van der Waals surface area (Å²) in [6.45, 7) is 1.94. The van der Waals surface area contributed by atoms with Crippen molar-refractivity contribution in [2.45, 2.75) is 19.8 Å². The maximum atomic E-state index is 11.3. The summed E-state index contributed by atoms with van der Waals surface area (Å²) in [6.07, 6.45) is 0.656. The predicted octanol–water partition coefficient (Wildman–Crippen LogP) is 3.46. The van der Waals surface area contributed by atoms with Gasteiger partial charge in [-0.05, 0) is 30.7 Å². The van der Waals surface area contributed by atoms with Gasteiger partial charge in [0, 0.05) is 12.1 Å². The predicted molar refractivity (Wildman–Crippen MR) is 69.5 cm³/mol. The number of hydrogen-bond donors (Lipinski definition) is 1. The lowest BCUT2D eigenvalue weighted by atomic mass is 10.2. The Balaban J connectivity index is 2.49. The molecule has 6 heteroatoms. The molecule has 5 nitrogen and oxygen atoms in total. The number of carbonyl (C=O) groups is 1. The molecule has 0 aliphatic carbocycles. The van der Waals surface area contributed by atoms with Crippen molar-refractivity contribution in [3.8, 4) is 6.07 Å². The smallest absolute Gasteiger partial charge is 0.297 e. The highest BCUT2D eigenvalue weighted by molar-refractivity contribution is 6.65. The van der Waals surface area contributed by atoms with Gasteiger partial charge in [-0.3, -0.25) is 10.2 Å². The standard InChI is InChI=1S/C12H12ClN3O2/c1-2-3-11(13)16-18-12(17)15-10-6-4-9(8-14)5-7-10/h4-7H,2-3H2,1H3,(H,15,17)/b16-11-. The first-order valence-corrected chi connectivity index (χ1v) is 5.74. The van der Waals surface area contributed by atoms with Gasteiger partial charge in [0.2, 0.25) is 0 Å². The first-order chi connectivity index (χ1) is 8.65. The van der Waals surface area contributed by atoms with Crippen molar-refractivity contribution in [2.24, 2.45) is 5.16 Å². The molecule has 1 rings (SSSR count). The van der Waals surface area contributed by atoms with Crippen LogP contribution < -0.4 is 5.32 Å². The molecule has 94 valence electrons. The number of anilines is 1. The van der Waals surface area contributed by atoms with Gasteiger partial charge in [-0.2, -0.15) is 5.26 Å². The molecule has 0 saturated carbocycles. The zero-order valence-corrected chi connectivity index (χ0v) is 10.6. The Morgan fingerprint density at radius 3 is 2.72 bits per heavy atom. The molecule has 0 aromatic heterocycles. The van der Waals surface area contributed by atoms with Crippen molar-refractivity contribution in [3.63, 3.8) is 0 Å². The summed E-state index contributed by atoms with van der Waals surface area (Å²) in [6, 6.07) is 8.34. The van der Waals surface area contributed by atoms with Crippen LogP contribution in [0.15, 0.2) is 29.4 Å². The fourth-order valence-corrected chi connectivity index (χ4v) is 1.34. The Kier molecular flexibility index (Phi) is 5.68. The molecule has 1 aromatic carbocycles. The number of nitrogens with zero attached hydrogens (tertiary/aromatic N) is 2. The molecular formula is C12H12ClN3O2. The highest BCUT2D eigenvalue weighted by Gasteiger charge is 2.03. The lowest BCUT2D eigenvalue weighted by Gasteiger charge is -2.02. The quantitative estimate of drug-likeness (QED) is 0.515. The molecule has 0 aliphatic rings. The first kappa shape index (κ1) is 14.0. The number of hydrogen-bond acceptors (Lipinski definition) is 4. The summed E-state index contributed by atoms with van der Waals surface area (Å²) in [7, 11) is 0. The number of rotatable bonds is 4. The average Bonchev–Trinajstić information content (AvgIpc) is 2.38. The third kappa shape index (κ3) is 4.85. The summed E-state index contributed by atoms with van der Waals surface area (Å²) in [5, 5.41) is 14.8. The third-order valence-electron chi connectivity index (χ3n) is 1.94. The zero-order valence-electron chi connectivity index (χ0n) is 9.81. The van der Waals surface area contributed by atoms with Gasteiger partial charge >= 0.3 is 6.09 Å². The normalized spacial score (nSPS) is 10.6. The van der Waals surface area contributed by atoms with E-state index in [1.54, 1.807) is 24.3 Å². The Bertz CT molecular complexity index is 477. The molecule has 0 radical (unpaired) electrons. The van der Waals surface area contributed by atoms with Crippen LogP contribution in [0.5, 0.6) is 0 Å². The SMILES string of the molecule is CCC/C(Cl)=N/OC(=O)Nc1ccc(C#N)cc1. The van der Waals surface area contributed by atoms with Crippen LogP contribution in [-0.2, 0) is 4.84 Å². The van der Waals surface area contributed by atoms with Crippen molar-refractivity contribution in [1.29, 1.82) is 5.26 Å². The summed E-state index contributed by atoms with van der Waals surface area (Å²) >= 11 is 5.68. The van der Waals surface area contributed by atoms with Crippen LogP contribution in [-0.4, -0.2) is 11.3 Å². The zero-order chi connectivity index (χ0) is 13.4. The third-order valence-corrected chi connectivity index (χ3v) is 2.20. The van der Waals surface area contributed by atoms with Crippen LogP contribution in [0, 0.1) is 11.3 Å². The van der Waals surface area contributed by atoms with Gasteiger partial charge in [-0.15, -0.1) is 0 Å². The van der Waals surface area contributed by atoms with Crippen LogP contribution in [0.3, 0.4) is 0 Å². The van der Waals surface area contributed by atoms with Crippen molar-refractivity contribution < 1.29 is 9.63 Å². The van der Waals surface area contributed by atoms with Gasteiger partial charge in [0.15, 0.2) is 0 Å². The molecule has 1 amide bonds. The summed E-state index contributed by atoms with van der Waals surface area (Å²) in [4.78, 5) is 15.9. The van der Waals surface area contributed by atoms with Gasteiger partial charge < -0.3 is 0 Å². The van der Waals surface area contributed by atoms with E-state index in [0.717, 1.165) is 6.42 Å². The maximum absolute atomic E-state index is 11.3. The minimum absolute atomic E-state index is 0.243. The second-order valence-electron chi connectivity index (χ2n) is 3.41. The molecule has 18 heavy (non-hydrogen) atoms. The van der Waals surface area contributed by atoms with E-state index in [-0.39, 0.29) is 5.17 Å². The summed E-state index contributed by atoms with van der Waals surface area (Å²) in [5.74, 6) is 0. The summed E-state index contributed by atoms with van der Waals surface area (Å²) in [5.41, 5.74) is 1.03. The van der Waals surface area contributed by atoms with E-state index in [1.807, 2.05) is 13.0 Å². The first-order valence-electron chi connectivity index (χ1n) is 5.36. The van der Waals surface area contributed by atoms with E-state index in [0.29, 0.717) is 17.7 Å². The number of oxime groups is 1. The van der Waals surface area contributed by atoms with Gasteiger partial charge in [0.25, 0.3) is 0 Å². The van der Waals surface area contributed by atoms with Gasteiger partial charge in [0.1, 0.15) is 5.17 Å². The number of amides is 1. The molecular weight excluding hydrogens is 254 g/mol. The van der Waals surface area contributed by atoms with Crippen molar-refractivity contribution in [2.75, 3.05) is 5.32 Å². The number of nitriles is 1. The molecule has 0 unspecified atom stereocenters. The second-order valence-corrected chi connectivity index (χ2v) is 3.85. The molecule has 0 fully saturated rings. The highest BCUT2D eigenvalue weighted by atomic mass is 35.5. The molecule has 0 saturated heterocycles. The van der Waals surface area contributed by atoms with Gasteiger partial charge in [-0.25, -0.2) is 4.79 Å². The molecule has 0 bridgehead atoms. The molecule has 1 N–H and O–H groups in total. The van der Waals surface area contributed by atoms with Crippen LogP contribution in [0.1, 0.15) is 25.3 Å². The lowest BCUT2D eigenvalue weighted by molar-refractivity contribution is 0.166. The van der Waals surface area contributed by atoms with E-state index < -0.39 is 6.09 Å². The largest absolute Gasteiger partial charge is 0.437 e. The lowest BCUT2D eigenvalue weighted by Crippen LogP contribution is -2.11. The van der Waals surface area contributed by atoms with Gasteiger partial charge in [0.05, 0.1) is 11.6 Å². The number of halogens is 1. The van der Waals surface area contributed by atoms with Crippen LogP contribution in [0.2, 0.25) is 0 Å². The van der Waals surface area contributed by atoms with E-state index in [9.17, 15) is 4.79 Å². The Hall–Kier alpha value is -2.06. The molecule has 0 heterocycles. The van der Waals surface area contributed by atoms with Crippen LogP contribution in [0.4, 0.5) is 10.5 Å². The molecule has 0 aliphatic heterocycles. The fourth-order valence-electron chi connectivity index (χ4n) is 1.11. The monoisotopic (exact) mass is 265 g/mol. The minimum Gasteiger partial charge on any atom is -0.297 e. The molecule has 0 atom stereocenters. The van der Waals surface area contributed by atoms with Crippen LogP contribution in [0.25, 0.3) is 0 Å². The molecule has 1 aromatic rings. The van der Waals surface area contributed by atoms with Gasteiger partial charge in [-0.1, -0.05) is 23.7 Å². The topological polar surface area (TPSA) is 74.5 Å². The Morgan fingerprint density at radius 2 is 2.17 bits per heavy atom.